The van der Waals surface area contributed by atoms with Gasteiger partial charge in [-0.1, -0.05) is 6.58 Å². The van der Waals surface area contributed by atoms with Crippen molar-refractivity contribution in [2.45, 2.75) is 45.9 Å². The first-order valence-electron chi connectivity index (χ1n) is 7.11. The molecule has 1 atom stereocenters. The molecule has 0 saturated heterocycles. The Kier molecular flexibility index (Phi) is 6.11. The zero-order valence-electron chi connectivity index (χ0n) is 13.5. The number of aliphatic imine (C=N–C) groups is 1. The molecule has 0 aromatic carbocycles. The first kappa shape index (κ1) is 17.7. The third-order valence-corrected chi connectivity index (χ3v) is 2.86. The Morgan fingerprint density at radius 1 is 1.32 bits per heavy atom. The van der Waals surface area contributed by atoms with Crippen molar-refractivity contribution in [3.8, 4) is 0 Å². The van der Waals surface area contributed by atoms with E-state index < -0.39 is 0 Å². The fourth-order valence-electron chi connectivity index (χ4n) is 1.77. The van der Waals surface area contributed by atoms with Crippen molar-refractivity contribution >= 4 is 18.1 Å². The molecule has 0 fully saturated rings. The highest BCUT2D eigenvalue weighted by Crippen LogP contribution is 2.11. The number of hydrazone groups is 1. The van der Waals surface area contributed by atoms with Gasteiger partial charge in [-0.2, -0.15) is 5.10 Å². The second-order valence-electron chi connectivity index (χ2n) is 5.45. The molecule has 0 saturated carbocycles. The van der Waals surface area contributed by atoms with E-state index in [1.807, 2.05) is 27.7 Å². The van der Waals surface area contributed by atoms with Gasteiger partial charge in [0, 0.05) is 18.3 Å². The molecule has 22 heavy (non-hydrogen) atoms. The number of nitrogens with one attached hydrogen (secondary N) is 1. The van der Waals surface area contributed by atoms with Gasteiger partial charge >= 0.3 is 6.03 Å². The van der Waals surface area contributed by atoms with E-state index >= 15 is 0 Å². The Bertz CT molecular complexity index is 501. The minimum absolute atomic E-state index is 0.130. The lowest BCUT2D eigenvalue weighted by molar-refractivity contribution is 0.199. The van der Waals surface area contributed by atoms with Gasteiger partial charge in [0.1, 0.15) is 11.7 Å². The Morgan fingerprint density at radius 2 is 1.95 bits per heavy atom. The average molecular weight is 307 g/mol. The molecule has 2 aliphatic rings. The van der Waals surface area contributed by atoms with Crippen LogP contribution in [0.25, 0.3) is 0 Å². The Hall–Kier alpha value is -2.35. The second kappa shape index (κ2) is 7.60. The summed E-state index contributed by atoms with van der Waals surface area (Å²) >= 11 is 0. The maximum atomic E-state index is 11.1. The molecular weight excluding hydrogens is 282 g/mol. The second-order valence-corrected chi connectivity index (χ2v) is 5.45. The van der Waals surface area contributed by atoms with Crippen molar-refractivity contribution in [2.75, 3.05) is 0 Å². The summed E-state index contributed by atoms with van der Waals surface area (Å²) < 4.78 is 0. The van der Waals surface area contributed by atoms with Crippen molar-refractivity contribution in [3.63, 3.8) is 0 Å². The van der Waals surface area contributed by atoms with Crippen LogP contribution < -0.4 is 16.8 Å². The van der Waals surface area contributed by atoms with Crippen LogP contribution in [0.15, 0.2) is 34.8 Å². The van der Waals surface area contributed by atoms with Gasteiger partial charge in [-0.3, -0.25) is 4.90 Å². The smallest absolute Gasteiger partial charge is 0.323 e. The topological polar surface area (TPSA) is 112 Å². The molecule has 5 N–H and O–H groups in total. The van der Waals surface area contributed by atoms with Crippen LogP contribution in [0.1, 0.15) is 27.7 Å². The fraction of sp³-hybridized carbons (Fsp3) is 0.500. The van der Waals surface area contributed by atoms with E-state index in [1.54, 1.807) is 22.2 Å². The summed E-state index contributed by atoms with van der Waals surface area (Å²) in [6.45, 7) is 11.6. The molecule has 122 valence electrons. The molecule has 0 radical (unpaired) electrons. The highest BCUT2D eigenvalue weighted by molar-refractivity contribution is 6.29. The molecule has 0 spiro atoms. The van der Waals surface area contributed by atoms with Gasteiger partial charge < -0.3 is 16.8 Å². The van der Waals surface area contributed by atoms with E-state index in [4.69, 9.17) is 11.5 Å². The number of amides is 2. The number of carbonyl (C=O) groups excluding carboxylic acids is 1. The van der Waals surface area contributed by atoms with E-state index in [0.717, 1.165) is 0 Å². The van der Waals surface area contributed by atoms with E-state index in [9.17, 15) is 4.79 Å². The van der Waals surface area contributed by atoms with Crippen LogP contribution in [0.4, 0.5) is 4.79 Å². The summed E-state index contributed by atoms with van der Waals surface area (Å²) in [5.74, 6) is 1.01. The van der Waals surface area contributed by atoms with E-state index in [-0.39, 0.29) is 24.3 Å². The Labute approximate surface area is 131 Å². The van der Waals surface area contributed by atoms with Crippen LogP contribution >= 0.6 is 0 Å². The predicted octanol–water partition coefficient (Wildman–Crippen LogP) is 0.743. The number of rotatable bonds is 2. The summed E-state index contributed by atoms with van der Waals surface area (Å²) in [5.41, 5.74) is 10.8. The molecule has 1 unspecified atom stereocenters. The summed E-state index contributed by atoms with van der Waals surface area (Å²) in [7, 11) is 0. The summed E-state index contributed by atoms with van der Waals surface area (Å²) in [6.07, 6.45) is 4.65. The summed E-state index contributed by atoms with van der Waals surface area (Å²) in [5, 5.41) is 8.35. The molecule has 0 aromatic rings. The normalized spacial score (nSPS) is 20.9. The standard InChI is InChI=1S/C7H12N4.C7H13N3O/c1-5(2)11-6(3)10-7(8)4-9-11;1-5(2)10-4-3-6(8)9-7(10)11/h4-5H,3H2,1-2H3,(H2,8,10);3-6H,8H2,1-2H3,(H,9,11). The number of hydrogen-bond donors (Lipinski definition) is 3. The summed E-state index contributed by atoms with van der Waals surface area (Å²) in [6, 6.07) is 0.323. The molecule has 8 heteroatoms. The summed E-state index contributed by atoms with van der Waals surface area (Å²) in [4.78, 5) is 16.7. The van der Waals surface area contributed by atoms with Crippen molar-refractivity contribution in [2.24, 2.45) is 21.6 Å². The van der Waals surface area contributed by atoms with Crippen LogP contribution in [0.5, 0.6) is 0 Å². The quantitative estimate of drug-likeness (QED) is 0.698. The van der Waals surface area contributed by atoms with E-state index in [0.29, 0.717) is 11.7 Å². The minimum Gasteiger partial charge on any atom is -0.382 e. The first-order valence-corrected chi connectivity index (χ1v) is 7.11. The van der Waals surface area contributed by atoms with E-state index in [2.05, 4.69) is 22.0 Å². The number of nitrogens with two attached hydrogens (primary N) is 2. The monoisotopic (exact) mass is 307 g/mol. The molecule has 2 amide bonds. The zero-order chi connectivity index (χ0) is 16.9. The lowest BCUT2D eigenvalue weighted by Crippen LogP contribution is -2.51. The number of hydrogen-bond acceptors (Lipinski definition) is 6. The van der Waals surface area contributed by atoms with Gasteiger partial charge in [0.2, 0.25) is 0 Å². The molecule has 0 aliphatic carbocycles. The van der Waals surface area contributed by atoms with Crippen LogP contribution in [0, 0.1) is 0 Å². The SMILES string of the molecule is C=C1N=C(N)C=NN1C(C)C.CC(C)N1C=CC(N)NC1=O. The molecule has 2 aliphatic heterocycles. The first-order chi connectivity index (χ1) is 10.2. The van der Waals surface area contributed by atoms with E-state index in [1.165, 1.54) is 6.21 Å². The Balaban J connectivity index is 0.000000220. The lowest BCUT2D eigenvalue weighted by atomic mass is 10.3. The number of carbonyl (C=O) groups is 1. The molecule has 8 nitrogen and oxygen atoms in total. The van der Waals surface area contributed by atoms with Crippen molar-refractivity contribution in [1.82, 2.24) is 15.2 Å². The largest absolute Gasteiger partial charge is 0.382 e. The highest BCUT2D eigenvalue weighted by atomic mass is 16.2. The maximum absolute atomic E-state index is 11.1. The average Bonchev–Trinajstić information content (AvgIpc) is 2.38. The van der Waals surface area contributed by atoms with Gasteiger partial charge in [0.25, 0.3) is 0 Å². The highest BCUT2D eigenvalue weighted by Gasteiger charge is 2.19. The molecular formula is C14H25N7O. The minimum atomic E-state index is -0.336. The van der Waals surface area contributed by atoms with Crippen molar-refractivity contribution in [3.05, 3.63) is 24.7 Å². The van der Waals surface area contributed by atoms with Crippen LogP contribution in [0.2, 0.25) is 0 Å². The van der Waals surface area contributed by atoms with Crippen molar-refractivity contribution < 1.29 is 4.79 Å². The van der Waals surface area contributed by atoms with Gasteiger partial charge in [-0.05, 0) is 33.8 Å². The van der Waals surface area contributed by atoms with Crippen LogP contribution in [-0.2, 0) is 0 Å². The number of amidine groups is 1. The molecule has 0 bridgehead atoms. The number of urea groups is 1. The molecule has 2 heterocycles. The van der Waals surface area contributed by atoms with Gasteiger partial charge in [-0.25, -0.2) is 14.8 Å². The predicted molar refractivity (Wildman–Crippen MR) is 88.9 cm³/mol. The van der Waals surface area contributed by atoms with Gasteiger partial charge in [0.05, 0.1) is 12.4 Å². The van der Waals surface area contributed by atoms with Crippen molar-refractivity contribution in [1.29, 1.82) is 0 Å². The number of nitrogens with zero attached hydrogens (tertiary/aromatic N) is 4. The lowest BCUT2D eigenvalue weighted by Gasteiger charge is -2.28. The third kappa shape index (κ3) is 4.88. The maximum Gasteiger partial charge on any atom is 0.323 e. The third-order valence-electron chi connectivity index (χ3n) is 2.86. The fourth-order valence-corrected chi connectivity index (χ4v) is 1.77. The molecule has 0 aromatic heterocycles. The van der Waals surface area contributed by atoms with Gasteiger partial charge in [-0.15, -0.1) is 0 Å². The van der Waals surface area contributed by atoms with Crippen LogP contribution in [0.3, 0.4) is 0 Å². The zero-order valence-corrected chi connectivity index (χ0v) is 13.5. The van der Waals surface area contributed by atoms with Crippen LogP contribution in [-0.4, -0.2) is 46.2 Å². The Morgan fingerprint density at radius 3 is 2.41 bits per heavy atom. The molecule has 2 rings (SSSR count). The van der Waals surface area contributed by atoms with Gasteiger partial charge in [0.15, 0.2) is 0 Å².